The first-order chi connectivity index (χ1) is 11.2. The van der Waals surface area contributed by atoms with Crippen LogP contribution in [-0.2, 0) is 19.2 Å². The van der Waals surface area contributed by atoms with Gasteiger partial charge in [-0.25, -0.2) is 0 Å². The van der Waals surface area contributed by atoms with E-state index in [1.807, 2.05) is 0 Å². The minimum Gasteiger partial charge on any atom is -0.481 e. The molecule has 0 bridgehead atoms. The Morgan fingerprint density at radius 2 is 0.917 bits per heavy atom. The first-order valence-corrected chi connectivity index (χ1v) is 8.15. The van der Waals surface area contributed by atoms with Gasteiger partial charge in [-0.3, -0.25) is 19.2 Å². The van der Waals surface area contributed by atoms with Crippen molar-refractivity contribution in [1.82, 2.24) is 9.80 Å². The Kier molecular flexibility index (Phi) is 11.2. The second-order valence-electron chi connectivity index (χ2n) is 5.83. The van der Waals surface area contributed by atoms with Crippen molar-refractivity contribution in [3.63, 3.8) is 0 Å². The fraction of sp³-hybridized carbons (Fsp3) is 0.750. The third-order valence-electron chi connectivity index (χ3n) is 3.68. The quantitative estimate of drug-likeness (QED) is 0.485. The van der Waals surface area contributed by atoms with E-state index in [-0.39, 0.29) is 24.7 Å². The van der Waals surface area contributed by atoms with E-state index in [2.05, 4.69) is 0 Å². The Bertz CT molecular complexity index is 398. The third kappa shape index (κ3) is 11.4. The number of carboxylic acid groups (broad SMARTS) is 2. The number of likely N-dealkylation sites (N-methyl/N-ethyl adjacent to an activating group) is 2. The Labute approximate surface area is 142 Å². The van der Waals surface area contributed by atoms with Gasteiger partial charge >= 0.3 is 11.9 Å². The molecule has 0 rings (SSSR count). The van der Waals surface area contributed by atoms with Crippen molar-refractivity contribution in [2.24, 2.45) is 0 Å². The first-order valence-electron chi connectivity index (χ1n) is 8.15. The Morgan fingerprint density at radius 1 is 0.625 bits per heavy atom. The molecule has 0 aromatic rings. The highest BCUT2D eigenvalue weighted by Crippen LogP contribution is 2.05. The highest BCUT2D eigenvalue weighted by molar-refractivity contribution is 5.77. The average molecular weight is 344 g/mol. The molecule has 0 fully saturated rings. The molecule has 2 N–H and O–H groups in total. The summed E-state index contributed by atoms with van der Waals surface area (Å²) in [7, 11) is 3.31. The number of carboxylic acids is 2. The van der Waals surface area contributed by atoms with E-state index in [1.54, 1.807) is 14.1 Å². The lowest BCUT2D eigenvalue weighted by atomic mass is 10.2. The number of unbranched alkanes of at least 4 members (excludes halogenated alkanes) is 2. The van der Waals surface area contributed by atoms with Crippen LogP contribution in [0.2, 0.25) is 0 Å². The smallest absolute Gasteiger partial charge is 0.303 e. The van der Waals surface area contributed by atoms with Crippen LogP contribution in [0.25, 0.3) is 0 Å². The standard InChI is InChI=1S/C16H28N2O6/c1-17(13(19)7-3-5-9-15(21)22)11-12-18(2)14(20)8-4-6-10-16(23)24/h3-12H2,1-2H3,(H,21,22)(H,23,24). The molecular formula is C16H28N2O6. The molecule has 0 aromatic carbocycles. The lowest BCUT2D eigenvalue weighted by Crippen LogP contribution is -2.37. The zero-order valence-electron chi connectivity index (χ0n) is 14.5. The van der Waals surface area contributed by atoms with Crippen molar-refractivity contribution in [2.75, 3.05) is 27.2 Å². The number of carbonyl (C=O) groups is 4. The van der Waals surface area contributed by atoms with Crippen molar-refractivity contribution in [3.8, 4) is 0 Å². The molecule has 0 aliphatic rings. The molecule has 0 saturated carbocycles. The van der Waals surface area contributed by atoms with Gasteiger partial charge in [-0.2, -0.15) is 0 Å². The van der Waals surface area contributed by atoms with E-state index in [4.69, 9.17) is 10.2 Å². The number of hydrogen-bond acceptors (Lipinski definition) is 4. The lowest BCUT2D eigenvalue weighted by molar-refractivity contribution is -0.138. The van der Waals surface area contributed by atoms with Crippen LogP contribution in [0.3, 0.4) is 0 Å². The molecule has 0 spiro atoms. The van der Waals surface area contributed by atoms with Gasteiger partial charge in [0.05, 0.1) is 0 Å². The maximum Gasteiger partial charge on any atom is 0.303 e. The Hall–Kier alpha value is -2.12. The van der Waals surface area contributed by atoms with Crippen LogP contribution in [0, 0.1) is 0 Å². The molecule has 0 atom stereocenters. The molecule has 138 valence electrons. The second-order valence-corrected chi connectivity index (χ2v) is 5.83. The molecule has 8 heteroatoms. The van der Waals surface area contributed by atoms with Gasteiger partial charge in [0.15, 0.2) is 0 Å². The second kappa shape index (κ2) is 12.3. The number of aliphatic carboxylic acids is 2. The minimum absolute atomic E-state index is 0.0656. The molecule has 0 unspecified atom stereocenters. The monoisotopic (exact) mass is 344 g/mol. The molecule has 0 aliphatic heterocycles. The average Bonchev–Trinajstić information content (AvgIpc) is 2.51. The van der Waals surface area contributed by atoms with Crippen LogP contribution < -0.4 is 0 Å². The summed E-state index contributed by atoms with van der Waals surface area (Å²) in [6.07, 6.45) is 2.76. The van der Waals surface area contributed by atoms with Gasteiger partial charge in [0, 0.05) is 52.9 Å². The first kappa shape index (κ1) is 21.9. The van der Waals surface area contributed by atoms with Crippen molar-refractivity contribution in [1.29, 1.82) is 0 Å². The summed E-state index contributed by atoms with van der Waals surface area (Å²) in [5, 5.41) is 17.1. The summed E-state index contributed by atoms with van der Waals surface area (Å²) in [4.78, 5) is 47.6. The highest BCUT2D eigenvalue weighted by atomic mass is 16.4. The maximum atomic E-state index is 11.9. The van der Waals surface area contributed by atoms with Gasteiger partial charge in [0.2, 0.25) is 11.8 Å². The van der Waals surface area contributed by atoms with E-state index in [9.17, 15) is 19.2 Å². The fourth-order valence-electron chi connectivity index (χ4n) is 2.04. The number of amides is 2. The molecular weight excluding hydrogens is 316 g/mol. The zero-order chi connectivity index (χ0) is 18.5. The molecule has 0 aromatic heterocycles. The Morgan fingerprint density at radius 3 is 1.21 bits per heavy atom. The van der Waals surface area contributed by atoms with Crippen LogP contribution >= 0.6 is 0 Å². The Balaban J connectivity index is 3.87. The molecule has 0 radical (unpaired) electrons. The van der Waals surface area contributed by atoms with Gasteiger partial charge in [0.25, 0.3) is 0 Å². The topological polar surface area (TPSA) is 115 Å². The van der Waals surface area contributed by atoms with Crippen LogP contribution in [0.4, 0.5) is 0 Å². The van der Waals surface area contributed by atoms with E-state index < -0.39 is 11.9 Å². The normalized spacial score (nSPS) is 10.2. The molecule has 0 heterocycles. The predicted molar refractivity (Wildman–Crippen MR) is 87.5 cm³/mol. The van der Waals surface area contributed by atoms with Crippen LogP contribution in [-0.4, -0.2) is 71.0 Å². The number of hydrogen-bond donors (Lipinski definition) is 2. The third-order valence-corrected chi connectivity index (χ3v) is 3.68. The number of nitrogens with zero attached hydrogens (tertiary/aromatic N) is 2. The van der Waals surface area contributed by atoms with Crippen molar-refractivity contribution < 1.29 is 29.4 Å². The molecule has 0 aliphatic carbocycles. The zero-order valence-corrected chi connectivity index (χ0v) is 14.5. The highest BCUT2D eigenvalue weighted by Gasteiger charge is 2.13. The van der Waals surface area contributed by atoms with Gasteiger partial charge in [-0.15, -0.1) is 0 Å². The maximum absolute atomic E-state index is 11.9. The fourth-order valence-corrected chi connectivity index (χ4v) is 2.04. The summed E-state index contributed by atoms with van der Waals surface area (Å²) < 4.78 is 0. The van der Waals surface area contributed by atoms with Gasteiger partial charge in [0.1, 0.15) is 0 Å². The van der Waals surface area contributed by atoms with Gasteiger partial charge < -0.3 is 20.0 Å². The molecule has 2 amide bonds. The molecule has 0 saturated heterocycles. The van der Waals surface area contributed by atoms with Crippen molar-refractivity contribution in [2.45, 2.75) is 51.4 Å². The van der Waals surface area contributed by atoms with E-state index in [1.165, 1.54) is 9.80 Å². The minimum atomic E-state index is -0.862. The van der Waals surface area contributed by atoms with E-state index >= 15 is 0 Å². The molecule has 8 nitrogen and oxygen atoms in total. The van der Waals surface area contributed by atoms with Gasteiger partial charge in [-0.05, 0) is 25.7 Å². The van der Waals surface area contributed by atoms with Gasteiger partial charge in [-0.1, -0.05) is 0 Å². The largest absolute Gasteiger partial charge is 0.481 e. The van der Waals surface area contributed by atoms with E-state index in [0.717, 1.165) is 0 Å². The van der Waals surface area contributed by atoms with E-state index in [0.29, 0.717) is 51.6 Å². The summed E-state index contributed by atoms with van der Waals surface area (Å²) in [5.41, 5.74) is 0. The van der Waals surface area contributed by atoms with Crippen LogP contribution in [0.5, 0.6) is 0 Å². The van der Waals surface area contributed by atoms with Crippen molar-refractivity contribution in [3.05, 3.63) is 0 Å². The SMILES string of the molecule is CN(CCN(C)C(=O)CCCCC(=O)O)C(=O)CCCCC(=O)O. The molecule has 24 heavy (non-hydrogen) atoms. The number of rotatable bonds is 13. The summed E-state index contributed by atoms with van der Waals surface area (Å²) >= 11 is 0. The summed E-state index contributed by atoms with van der Waals surface area (Å²) in [6, 6.07) is 0. The number of carbonyl (C=O) groups excluding carboxylic acids is 2. The summed E-state index contributed by atoms with van der Waals surface area (Å²) in [6.45, 7) is 0.824. The van der Waals surface area contributed by atoms with Crippen LogP contribution in [0.15, 0.2) is 0 Å². The lowest BCUT2D eigenvalue weighted by Gasteiger charge is -2.22. The summed E-state index contributed by atoms with van der Waals surface area (Å²) in [5.74, 6) is -1.86. The van der Waals surface area contributed by atoms with Crippen LogP contribution in [0.1, 0.15) is 51.4 Å². The van der Waals surface area contributed by atoms with Crippen molar-refractivity contribution >= 4 is 23.8 Å². The predicted octanol–water partition coefficient (Wildman–Crippen LogP) is 1.19.